The van der Waals surface area contributed by atoms with E-state index in [1.807, 2.05) is 24.1 Å². The molecule has 17 heavy (non-hydrogen) atoms. The predicted molar refractivity (Wildman–Crippen MR) is 72.9 cm³/mol. The molecule has 0 unspecified atom stereocenters. The van der Waals surface area contributed by atoms with E-state index in [4.69, 9.17) is 0 Å². The van der Waals surface area contributed by atoms with E-state index in [9.17, 15) is 4.79 Å². The molecular formula is C14H18BrNO. The number of hydrogen-bond acceptors (Lipinski definition) is 1. The smallest absolute Gasteiger partial charge is 0.226 e. The average Bonchev–Trinajstić information content (AvgIpc) is 3.08. The van der Waals surface area contributed by atoms with Crippen molar-refractivity contribution in [3.05, 3.63) is 34.3 Å². The second kappa shape index (κ2) is 4.81. The quantitative estimate of drug-likeness (QED) is 0.837. The third kappa shape index (κ3) is 2.71. The number of halogens is 1. The van der Waals surface area contributed by atoms with Gasteiger partial charge in [-0.3, -0.25) is 4.79 Å². The van der Waals surface area contributed by atoms with E-state index in [0.29, 0.717) is 5.92 Å². The zero-order chi connectivity index (χ0) is 12.6. The van der Waals surface area contributed by atoms with E-state index < -0.39 is 0 Å². The van der Waals surface area contributed by atoms with Gasteiger partial charge in [0.25, 0.3) is 0 Å². The maximum atomic E-state index is 12.1. The third-order valence-electron chi connectivity index (χ3n) is 3.53. The summed E-state index contributed by atoms with van der Waals surface area (Å²) in [5.74, 6) is 0.910. The van der Waals surface area contributed by atoms with E-state index >= 15 is 0 Å². The maximum absolute atomic E-state index is 12.1. The topological polar surface area (TPSA) is 20.3 Å². The molecule has 0 aliphatic heterocycles. The first-order chi connectivity index (χ1) is 8.00. The molecule has 1 aromatic carbocycles. The first-order valence-corrected chi connectivity index (χ1v) is 6.82. The Balaban J connectivity index is 2.01. The standard InChI is InChI=1S/C14H18BrNO/c1-9(2)16(3)14(17)13-8-12(13)10-4-6-11(15)7-5-10/h4-7,9,12-13H,8H2,1-3H3/t12-,13-/m1/s1. The first-order valence-electron chi connectivity index (χ1n) is 6.03. The molecule has 3 heteroatoms. The van der Waals surface area contributed by atoms with Gasteiger partial charge in [0.05, 0.1) is 0 Å². The van der Waals surface area contributed by atoms with Crippen molar-refractivity contribution in [3.8, 4) is 0 Å². The largest absolute Gasteiger partial charge is 0.343 e. The summed E-state index contributed by atoms with van der Waals surface area (Å²) in [5, 5.41) is 0. The van der Waals surface area contributed by atoms with Crippen molar-refractivity contribution in [3.63, 3.8) is 0 Å². The summed E-state index contributed by atoms with van der Waals surface area (Å²) >= 11 is 3.43. The third-order valence-corrected chi connectivity index (χ3v) is 4.06. The fraction of sp³-hybridized carbons (Fsp3) is 0.500. The molecule has 0 saturated heterocycles. The lowest BCUT2D eigenvalue weighted by atomic mass is 10.1. The number of hydrogen-bond donors (Lipinski definition) is 0. The summed E-state index contributed by atoms with van der Waals surface area (Å²) < 4.78 is 1.09. The number of carbonyl (C=O) groups is 1. The minimum absolute atomic E-state index is 0.198. The Hall–Kier alpha value is -0.830. The Morgan fingerprint density at radius 1 is 1.35 bits per heavy atom. The summed E-state index contributed by atoms with van der Waals surface area (Å²) in [5.41, 5.74) is 1.28. The summed E-state index contributed by atoms with van der Waals surface area (Å²) in [4.78, 5) is 14.0. The second-order valence-electron chi connectivity index (χ2n) is 5.04. The van der Waals surface area contributed by atoms with Crippen LogP contribution in [0.2, 0.25) is 0 Å². The highest BCUT2D eigenvalue weighted by Crippen LogP contribution is 2.48. The lowest BCUT2D eigenvalue weighted by molar-refractivity contribution is -0.132. The van der Waals surface area contributed by atoms with Crippen LogP contribution in [0.25, 0.3) is 0 Å². The van der Waals surface area contributed by atoms with Gasteiger partial charge in [0.15, 0.2) is 0 Å². The van der Waals surface area contributed by atoms with Crippen LogP contribution in [0.3, 0.4) is 0 Å². The molecule has 1 saturated carbocycles. The van der Waals surface area contributed by atoms with Crippen LogP contribution in [0.1, 0.15) is 31.7 Å². The first kappa shape index (κ1) is 12.6. The van der Waals surface area contributed by atoms with Gasteiger partial charge >= 0.3 is 0 Å². The van der Waals surface area contributed by atoms with E-state index in [0.717, 1.165) is 10.9 Å². The molecule has 0 radical (unpaired) electrons. The van der Waals surface area contributed by atoms with E-state index in [1.165, 1.54) is 5.56 Å². The van der Waals surface area contributed by atoms with Crippen molar-refractivity contribution < 1.29 is 4.79 Å². The highest BCUT2D eigenvalue weighted by atomic mass is 79.9. The average molecular weight is 296 g/mol. The van der Waals surface area contributed by atoms with Gasteiger partial charge in [-0.2, -0.15) is 0 Å². The normalized spacial score (nSPS) is 22.6. The number of rotatable bonds is 3. The number of carbonyl (C=O) groups excluding carboxylic acids is 1. The Morgan fingerprint density at radius 2 is 1.94 bits per heavy atom. The molecule has 2 rings (SSSR count). The fourth-order valence-corrected chi connectivity index (χ4v) is 2.33. The van der Waals surface area contributed by atoms with Crippen LogP contribution in [-0.2, 0) is 4.79 Å². The molecular weight excluding hydrogens is 278 g/mol. The van der Waals surface area contributed by atoms with Crippen molar-refractivity contribution >= 4 is 21.8 Å². The van der Waals surface area contributed by atoms with Crippen LogP contribution < -0.4 is 0 Å². The summed E-state index contributed by atoms with van der Waals surface area (Å²) in [6, 6.07) is 8.59. The van der Waals surface area contributed by atoms with Crippen LogP contribution in [0.15, 0.2) is 28.7 Å². The molecule has 0 spiro atoms. The van der Waals surface area contributed by atoms with Gasteiger partial charge in [-0.15, -0.1) is 0 Å². The van der Waals surface area contributed by atoms with Gasteiger partial charge in [-0.05, 0) is 43.9 Å². The van der Waals surface area contributed by atoms with Gasteiger partial charge in [0.1, 0.15) is 0 Å². The van der Waals surface area contributed by atoms with E-state index in [2.05, 4.69) is 41.9 Å². The van der Waals surface area contributed by atoms with Gasteiger partial charge in [0, 0.05) is 23.5 Å². The predicted octanol–water partition coefficient (Wildman–Crippen LogP) is 3.42. The Bertz CT molecular complexity index is 413. The molecule has 1 fully saturated rings. The lowest BCUT2D eigenvalue weighted by Gasteiger charge is -2.21. The van der Waals surface area contributed by atoms with E-state index in [-0.39, 0.29) is 17.9 Å². The highest BCUT2D eigenvalue weighted by Gasteiger charge is 2.45. The minimum atomic E-state index is 0.198. The maximum Gasteiger partial charge on any atom is 0.226 e. The molecule has 2 nitrogen and oxygen atoms in total. The minimum Gasteiger partial charge on any atom is -0.343 e. The van der Waals surface area contributed by atoms with Gasteiger partial charge in [-0.25, -0.2) is 0 Å². The fourth-order valence-electron chi connectivity index (χ4n) is 2.06. The van der Waals surface area contributed by atoms with Crippen molar-refractivity contribution in [2.75, 3.05) is 7.05 Å². The van der Waals surface area contributed by atoms with Gasteiger partial charge in [-0.1, -0.05) is 28.1 Å². The molecule has 0 bridgehead atoms. The van der Waals surface area contributed by atoms with Crippen molar-refractivity contribution in [1.82, 2.24) is 4.90 Å². The van der Waals surface area contributed by atoms with Crippen LogP contribution in [-0.4, -0.2) is 23.9 Å². The summed E-state index contributed by atoms with van der Waals surface area (Å²) in [7, 11) is 1.89. The molecule has 1 aliphatic rings. The second-order valence-corrected chi connectivity index (χ2v) is 5.96. The molecule has 1 aliphatic carbocycles. The molecule has 1 amide bonds. The van der Waals surface area contributed by atoms with Gasteiger partial charge in [0.2, 0.25) is 5.91 Å². The SMILES string of the molecule is CC(C)N(C)C(=O)[C@@H]1C[C@@H]1c1ccc(Br)cc1. The molecule has 0 N–H and O–H groups in total. The molecule has 0 heterocycles. The number of benzene rings is 1. The Labute approximate surface area is 111 Å². The van der Waals surface area contributed by atoms with Crippen molar-refractivity contribution in [1.29, 1.82) is 0 Å². The molecule has 1 aromatic rings. The zero-order valence-electron chi connectivity index (χ0n) is 10.5. The van der Waals surface area contributed by atoms with Crippen molar-refractivity contribution in [2.45, 2.75) is 32.2 Å². The van der Waals surface area contributed by atoms with Gasteiger partial charge < -0.3 is 4.90 Å². The van der Waals surface area contributed by atoms with Crippen molar-refractivity contribution in [2.24, 2.45) is 5.92 Å². The molecule has 92 valence electrons. The number of amides is 1. The van der Waals surface area contributed by atoms with E-state index in [1.54, 1.807) is 0 Å². The monoisotopic (exact) mass is 295 g/mol. The van der Waals surface area contributed by atoms with Crippen LogP contribution in [0.5, 0.6) is 0 Å². The summed E-state index contributed by atoms with van der Waals surface area (Å²) in [6.45, 7) is 4.10. The van der Waals surface area contributed by atoms with Crippen LogP contribution in [0, 0.1) is 5.92 Å². The highest BCUT2D eigenvalue weighted by molar-refractivity contribution is 9.10. The Kier molecular flexibility index (Phi) is 3.57. The summed E-state index contributed by atoms with van der Waals surface area (Å²) in [6.07, 6.45) is 0.998. The van der Waals surface area contributed by atoms with Crippen LogP contribution >= 0.6 is 15.9 Å². The lowest BCUT2D eigenvalue weighted by Crippen LogP contribution is -2.34. The Morgan fingerprint density at radius 3 is 2.47 bits per heavy atom. The van der Waals surface area contributed by atoms with Crippen LogP contribution in [0.4, 0.5) is 0 Å². The molecule has 2 atom stereocenters. The number of nitrogens with zero attached hydrogens (tertiary/aromatic N) is 1. The zero-order valence-corrected chi connectivity index (χ0v) is 12.1. The molecule has 0 aromatic heterocycles.